The summed E-state index contributed by atoms with van der Waals surface area (Å²) < 4.78 is 18.6. The first kappa shape index (κ1) is 11.9. The summed E-state index contributed by atoms with van der Waals surface area (Å²) in [4.78, 5) is 2.30. The fourth-order valence-corrected chi connectivity index (χ4v) is 2.84. The number of hydrogen-bond donors (Lipinski definition) is 1. The molecule has 1 aromatic rings. The van der Waals surface area contributed by atoms with Gasteiger partial charge in [0.25, 0.3) is 0 Å². The van der Waals surface area contributed by atoms with Gasteiger partial charge >= 0.3 is 0 Å². The zero-order valence-corrected chi connectivity index (χ0v) is 10.5. The van der Waals surface area contributed by atoms with Crippen LogP contribution < -0.4 is 4.74 Å². The quantitative estimate of drug-likeness (QED) is 0.890. The second-order valence-corrected chi connectivity index (χ2v) is 5.33. The van der Waals surface area contributed by atoms with E-state index >= 15 is 0 Å². The number of hydrogen-bond acceptors (Lipinski definition) is 3. The SMILES string of the molecule is COc1ccc(F)cc1C1(O)CCN(C2CC2)C1. The number of rotatable bonds is 3. The van der Waals surface area contributed by atoms with Crippen molar-refractivity contribution in [2.45, 2.75) is 30.9 Å². The molecule has 0 spiro atoms. The Morgan fingerprint density at radius 2 is 2.22 bits per heavy atom. The van der Waals surface area contributed by atoms with Gasteiger partial charge in [0.2, 0.25) is 0 Å². The molecular weight excluding hydrogens is 233 g/mol. The third-order valence-corrected chi connectivity index (χ3v) is 4.00. The number of ether oxygens (including phenoxy) is 1. The van der Waals surface area contributed by atoms with Gasteiger partial charge in [-0.2, -0.15) is 0 Å². The average Bonchev–Trinajstić information content (AvgIpc) is 3.13. The first-order chi connectivity index (χ1) is 8.62. The van der Waals surface area contributed by atoms with E-state index in [1.807, 2.05) is 0 Å². The van der Waals surface area contributed by atoms with Crippen LogP contribution in [-0.4, -0.2) is 36.2 Å². The van der Waals surface area contributed by atoms with Gasteiger partial charge in [-0.25, -0.2) is 4.39 Å². The predicted molar refractivity (Wildman–Crippen MR) is 66.1 cm³/mol. The van der Waals surface area contributed by atoms with Gasteiger partial charge in [-0.3, -0.25) is 4.90 Å². The summed E-state index contributed by atoms with van der Waals surface area (Å²) in [5, 5.41) is 10.8. The Balaban J connectivity index is 1.91. The topological polar surface area (TPSA) is 32.7 Å². The highest BCUT2D eigenvalue weighted by molar-refractivity contribution is 5.39. The van der Waals surface area contributed by atoms with Crippen LogP contribution in [-0.2, 0) is 5.60 Å². The van der Waals surface area contributed by atoms with Crippen LogP contribution in [0.1, 0.15) is 24.8 Å². The lowest BCUT2D eigenvalue weighted by Crippen LogP contribution is -2.32. The van der Waals surface area contributed by atoms with Crippen molar-refractivity contribution in [1.82, 2.24) is 4.90 Å². The van der Waals surface area contributed by atoms with E-state index in [1.165, 1.54) is 25.0 Å². The van der Waals surface area contributed by atoms with E-state index in [2.05, 4.69) is 4.90 Å². The molecule has 1 aliphatic carbocycles. The Morgan fingerprint density at radius 1 is 1.44 bits per heavy atom. The van der Waals surface area contributed by atoms with Crippen LogP contribution >= 0.6 is 0 Å². The summed E-state index contributed by atoms with van der Waals surface area (Å²) in [6, 6.07) is 4.97. The molecule has 0 amide bonds. The van der Waals surface area contributed by atoms with E-state index in [1.54, 1.807) is 13.2 Å². The molecular formula is C14H18FNO2. The fourth-order valence-electron chi connectivity index (χ4n) is 2.84. The monoisotopic (exact) mass is 251 g/mol. The molecule has 4 heteroatoms. The van der Waals surface area contributed by atoms with Crippen molar-refractivity contribution in [2.24, 2.45) is 0 Å². The molecule has 2 fully saturated rings. The second-order valence-electron chi connectivity index (χ2n) is 5.33. The van der Waals surface area contributed by atoms with Gasteiger partial charge < -0.3 is 9.84 Å². The minimum Gasteiger partial charge on any atom is -0.496 e. The van der Waals surface area contributed by atoms with E-state index in [-0.39, 0.29) is 5.82 Å². The molecule has 1 saturated carbocycles. The molecule has 3 nitrogen and oxygen atoms in total. The maximum atomic E-state index is 13.4. The molecule has 1 heterocycles. The van der Waals surface area contributed by atoms with Crippen molar-refractivity contribution in [2.75, 3.05) is 20.2 Å². The Hall–Kier alpha value is -1.13. The highest BCUT2D eigenvalue weighted by atomic mass is 19.1. The lowest BCUT2D eigenvalue weighted by molar-refractivity contribution is 0.0424. The first-order valence-electron chi connectivity index (χ1n) is 6.43. The Labute approximate surface area is 106 Å². The molecule has 1 aliphatic heterocycles. The second kappa shape index (κ2) is 4.21. The molecule has 2 aliphatic rings. The largest absolute Gasteiger partial charge is 0.496 e. The van der Waals surface area contributed by atoms with Gasteiger partial charge in [0.1, 0.15) is 17.2 Å². The molecule has 1 atom stereocenters. The molecule has 0 radical (unpaired) electrons. The molecule has 0 aromatic heterocycles. The number of β-amino-alcohol motifs (C(OH)–C–C–N with tert-alkyl or cyclic N) is 1. The van der Waals surface area contributed by atoms with E-state index in [0.29, 0.717) is 30.3 Å². The van der Waals surface area contributed by atoms with Crippen LogP contribution in [0.4, 0.5) is 4.39 Å². The maximum Gasteiger partial charge on any atom is 0.125 e. The van der Waals surface area contributed by atoms with Crippen LogP contribution in [0.2, 0.25) is 0 Å². The first-order valence-corrected chi connectivity index (χ1v) is 6.43. The zero-order valence-electron chi connectivity index (χ0n) is 10.5. The van der Waals surface area contributed by atoms with Crippen molar-refractivity contribution >= 4 is 0 Å². The summed E-state index contributed by atoms with van der Waals surface area (Å²) in [5.74, 6) is 0.237. The third kappa shape index (κ3) is 1.99. The minimum absolute atomic E-state index is 0.330. The number of methoxy groups -OCH3 is 1. The highest BCUT2D eigenvalue weighted by Crippen LogP contribution is 2.41. The normalized spacial score (nSPS) is 28.6. The van der Waals surface area contributed by atoms with Crippen LogP contribution in [0.25, 0.3) is 0 Å². The van der Waals surface area contributed by atoms with Crippen LogP contribution in [0, 0.1) is 5.82 Å². The maximum absolute atomic E-state index is 13.4. The summed E-state index contributed by atoms with van der Waals surface area (Å²) in [7, 11) is 1.55. The summed E-state index contributed by atoms with van der Waals surface area (Å²) in [6.45, 7) is 1.46. The van der Waals surface area contributed by atoms with E-state index < -0.39 is 5.60 Å². The number of benzene rings is 1. The van der Waals surface area contributed by atoms with E-state index in [0.717, 1.165) is 6.54 Å². The van der Waals surface area contributed by atoms with Gasteiger partial charge in [-0.05, 0) is 37.5 Å². The van der Waals surface area contributed by atoms with Gasteiger partial charge in [0.05, 0.1) is 7.11 Å². The number of halogens is 1. The molecule has 98 valence electrons. The Kier molecular flexibility index (Phi) is 2.79. The summed E-state index contributed by atoms with van der Waals surface area (Å²) >= 11 is 0. The van der Waals surface area contributed by atoms with Crippen LogP contribution in [0.15, 0.2) is 18.2 Å². The van der Waals surface area contributed by atoms with Gasteiger partial charge in [-0.1, -0.05) is 0 Å². The third-order valence-electron chi connectivity index (χ3n) is 4.00. The van der Waals surface area contributed by atoms with E-state index in [4.69, 9.17) is 4.74 Å². The minimum atomic E-state index is -0.976. The molecule has 18 heavy (non-hydrogen) atoms. The number of nitrogens with zero attached hydrogens (tertiary/aromatic N) is 1. The van der Waals surface area contributed by atoms with Gasteiger partial charge in [-0.15, -0.1) is 0 Å². The molecule has 3 rings (SSSR count). The van der Waals surface area contributed by atoms with Crippen molar-refractivity contribution in [3.8, 4) is 5.75 Å². The summed E-state index contributed by atoms with van der Waals surface area (Å²) in [5.41, 5.74) is -0.399. The Morgan fingerprint density at radius 3 is 2.89 bits per heavy atom. The molecule has 1 N–H and O–H groups in total. The van der Waals surface area contributed by atoms with Crippen molar-refractivity contribution < 1.29 is 14.2 Å². The van der Waals surface area contributed by atoms with Gasteiger partial charge in [0, 0.05) is 24.7 Å². The lowest BCUT2D eigenvalue weighted by Gasteiger charge is -2.25. The van der Waals surface area contributed by atoms with E-state index in [9.17, 15) is 9.50 Å². The standard InChI is InChI=1S/C14H18FNO2/c1-18-13-5-2-10(15)8-12(13)14(17)6-7-16(9-14)11-3-4-11/h2,5,8,11,17H,3-4,6-7,9H2,1H3. The molecule has 0 bridgehead atoms. The fraction of sp³-hybridized carbons (Fsp3) is 0.571. The summed E-state index contributed by atoms with van der Waals surface area (Å²) in [6.07, 6.45) is 3.08. The highest BCUT2D eigenvalue weighted by Gasteiger charge is 2.44. The van der Waals surface area contributed by atoms with Crippen LogP contribution in [0.3, 0.4) is 0 Å². The van der Waals surface area contributed by atoms with Gasteiger partial charge in [0.15, 0.2) is 0 Å². The molecule has 1 unspecified atom stereocenters. The van der Waals surface area contributed by atoms with Crippen molar-refractivity contribution in [3.05, 3.63) is 29.6 Å². The van der Waals surface area contributed by atoms with Crippen molar-refractivity contribution in [3.63, 3.8) is 0 Å². The smallest absolute Gasteiger partial charge is 0.125 e. The van der Waals surface area contributed by atoms with Crippen molar-refractivity contribution in [1.29, 1.82) is 0 Å². The lowest BCUT2D eigenvalue weighted by atomic mass is 9.92. The number of aliphatic hydroxyl groups is 1. The zero-order chi connectivity index (χ0) is 12.8. The molecule has 1 saturated heterocycles. The average molecular weight is 251 g/mol. The van der Waals surface area contributed by atoms with Crippen LogP contribution in [0.5, 0.6) is 5.75 Å². The Bertz CT molecular complexity index is 461. The number of likely N-dealkylation sites (tertiary alicyclic amines) is 1. The predicted octanol–water partition coefficient (Wildman–Crippen LogP) is 1.89. The molecule has 1 aromatic carbocycles.